The monoisotopic (exact) mass is 267 g/mol. The Morgan fingerprint density at radius 2 is 1.89 bits per heavy atom. The summed E-state index contributed by atoms with van der Waals surface area (Å²) in [6.07, 6.45) is 3.56. The Balaban J connectivity index is 1.99. The topological polar surface area (TPSA) is 35.6 Å². The number of amides is 1. The third-order valence-corrected chi connectivity index (χ3v) is 4.78. The first-order valence-electron chi connectivity index (χ1n) is 7.69. The second kappa shape index (κ2) is 5.80. The van der Waals surface area contributed by atoms with Crippen LogP contribution in [0.25, 0.3) is 0 Å². The fourth-order valence-corrected chi connectivity index (χ4v) is 3.47. The minimum atomic E-state index is 0.0795. The van der Waals surface area contributed by atoms with Crippen molar-refractivity contribution in [3.05, 3.63) is 0 Å². The number of piperazine rings is 1. The van der Waals surface area contributed by atoms with Crippen molar-refractivity contribution >= 4 is 5.91 Å². The van der Waals surface area contributed by atoms with Gasteiger partial charge in [-0.05, 0) is 47.0 Å². The maximum atomic E-state index is 12.6. The van der Waals surface area contributed by atoms with Crippen molar-refractivity contribution in [3.8, 4) is 0 Å². The molecule has 2 atom stereocenters. The molecule has 2 fully saturated rings. The van der Waals surface area contributed by atoms with Gasteiger partial charge in [0.25, 0.3) is 0 Å². The first-order chi connectivity index (χ1) is 8.92. The molecule has 1 N–H and O–H groups in total. The SMILES string of the molecule is CC1CCCC(C)N1C(=O)CN1CCNCC1(C)C. The van der Waals surface area contributed by atoms with E-state index in [9.17, 15) is 4.79 Å². The van der Waals surface area contributed by atoms with E-state index in [0.29, 0.717) is 24.5 Å². The molecule has 2 unspecified atom stereocenters. The molecule has 4 heteroatoms. The molecule has 0 aromatic carbocycles. The minimum absolute atomic E-state index is 0.0795. The Hall–Kier alpha value is -0.610. The number of nitrogens with zero attached hydrogens (tertiary/aromatic N) is 2. The molecule has 0 saturated carbocycles. The van der Waals surface area contributed by atoms with Crippen LogP contribution in [0.2, 0.25) is 0 Å². The zero-order chi connectivity index (χ0) is 14.0. The van der Waals surface area contributed by atoms with E-state index in [1.165, 1.54) is 6.42 Å². The second-order valence-electron chi connectivity index (χ2n) is 6.84. The van der Waals surface area contributed by atoms with E-state index in [0.717, 1.165) is 32.5 Å². The van der Waals surface area contributed by atoms with E-state index in [1.54, 1.807) is 0 Å². The Bertz CT molecular complexity index is 319. The summed E-state index contributed by atoms with van der Waals surface area (Å²) in [5.74, 6) is 0.315. The maximum absolute atomic E-state index is 12.6. The van der Waals surface area contributed by atoms with Crippen LogP contribution in [0, 0.1) is 0 Å². The van der Waals surface area contributed by atoms with Crippen molar-refractivity contribution in [2.75, 3.05) is 26.2 Å². The summed E-state index contributed by atoms with van der Waals surface area (Å²) in [6.45, 7) is 12.3. The summed E-state index contributed by atoms with van der Waals surface area (Å²) in [5, 5.41) is 3.41. The molecule has 2 heterocycles. The van der Waals surface area contributed by atoms with Crippen LogP contribution < -0.4 is 5.32 Å². The predicted octanol–water partition coefficient (Wildman–Crippen LogP) is 1.46. The zero-order valence-corrected chi connectivity index (χ0v) is 12.9. The quantitative estimate of drug-likeness (QED) is 0.823. The van der Waals surface area contributed by atoms with Gasteiger partial charge in [-0.2, -0.15) is 0 Å². The molecular formula is C15H29N3O. The van der Waals surface area contributed by atoms with Crippen LogP contribution in [0.5, 0.6) is 0 Å². The van der Waals surface area contributed by atoms with E-state index < -0.39 is 0 Å². The molecule has 2 saturated heterocycles. The number of likely N-dealkylation sites (tertiary alicyclic amines) is 1. The van der Waals surface area contributed by atoms with Gasteiger partial charge < -0.3 is 10.2 Å². The van der Waals surface area contributed by atoms with Gasteiger partial charge in [0.2, 0.25) is 5.91 Å². The summed E-state index contributed by atoms with van der Waals surface area (Å²) in [7, 11) is 0. The van der Waals surface area contributed by atoms with Gasteiger partial charge >= 0.3 is 0 Å². The molecule has 1 amide bonds. The Labute approximate surface area is 117 Å². The number of carbonyl (C=O) groups excluding carboxylic acids is 1. The number of piperidine rings is 1. The fraction of sp³-hybridized carbons (Fsp3) is 0.933. The van der Waals surface area contributed by atoms with Crippen molar-refractivity contribution in [1.29, 1.82) is 0 Å². The molecular weight excluding hydrogens is 238 g/mol. The summed E-state index contributed by atoms with van der Waals surface area (Å²) in [5.41, 5.74) is 0.0795. The number of hydrogen-bond donors (Lipinski definition) is 1. The Morgan fingerprint density at radius 3 is 2.47 bits per heavy atom. The van der Waals surface area contributed by atoms with E-state index in [4.69, 9.17) is 0 Å². The van der Waals surface area contributed by atoms with Crippen LogP contribution in [-0.2, 0) is 4.79 Å². The van der Waals surface area contributed by atoms with E-state index in [2.05, 4.69) is 42.8 Å². The normalized spacial score (nSPS) is 32.3. The van der Waals surface area contributed by atoms with Crippen molar-refractivity contribution in [2.24, 2.45) is 0 Å². The molecule has 110 valence electrons. The molecule has 0 aromatic heterocycles. The number of rotatable bonds is 2. The first-order valence-corrected chi connectivity index (χ1v) is 7.69. The average Bonchev–Trinajstić information content (AvgIpc) is 2.31. The third kappa shape index (κ3) is 3.29. The number of hydrogen-bond acceptors (Lipinski definition) is 3. The van der Waals surface area contributed by atoms with Crippen molar-refractivity contribution in [1.82, 2.24) is 15.1 Å². The zero-order valence-electron chi connectivity index (χ0n) is 12.9. The van der Waals surface area contributed by atoms with Crippen LogP contribution >= 0.6 is 0 Å². The largest absolute Gasteiger partial charge is 0.336 e. The van der Waals surface area contributed by atoms with Gasteiger partial charge in [-0.15, -0.1) is 0 Å². The van der Waals surface area contributed by atoms with E-state index in [1.807, 2.05) is 0 Å². The van der Waals surface area contributed by atoms with Gasteiger partial charge in [0.05, 0.1) is 6.54 Å². The molecule has 0 bridgehead atoms. The van der Waals surface area contributed by atoms with Crippen molar-refractivity contribution < 1.29 is 4.79 Å². The van der Waals surface area contributed by atoms with Crippen LogP contribution in [0.1, 0.15) is 47.0 Å². The summed E-state index contributed by atoms with van der Waals surface area (Å²) in [4.78, 5) is 17.1. The Kier molecular flexibility index (Phi) is 4.51. The molecule has 4 nitrogen and oxygen atoms in total. The highest BCUT2D eigenvalue weighted by Crippen LogP contribution is 2.24. The summed E-state index contributed by atoms with van der Waals surface area (Å²) in [6, 6.07) is 0.810. The lowest BCUT2D eigenvalue weighted by molar-refractivity contribution is -0.140. The molecule has 0 spiro atoms. The van der Waals surface area contributed by atoms with Crippen LogP contribution in [0.15, 0.2) is 0 Å². The molecule has 0 aromatic rings. The Morgan fingerprint density at radius 1 is 1.26 bits per heavy atom. The molecule has 0 aliphatic carbocycles. The molecule has 19 heavy (non-hydrogen) atoms. The fourth-order valence-electron chi connectivity index (χ4n) is 3.47. The molecule has 0 radical (unpaired) electrons. The predicted molar refractivity (Wildman–Crippen MR) is 78.1 cm³/mol. The third-order valence-electron chi connectivity index (χ3n) is 4.78. The van der Waals surface area contributed by atoms with Gasteiger partial charge in [-0.3, -0.25) is 9.69 Å². The average molecular weight is 267 g/mol. The van der Waals surface area contributed by atoms with Crippen LogP contribution in [0.4, 0.5) is 0 Å². The molecule has 2 rings (SSSR count). The van der Waals surface area contributed by atoms with Gasteiger partial charge in [-0.25, -0.2) is 0 Å². The summed E-state index contributed by atoms with van der Waals surface area (Å²) >= 11 is 0. The van der Waals surface area contributed by atoms with E-state index >= 15 is 0 Å². The lowest BCUT2D eigenvalue weighted by atomic mass is 9.96. The lowest BCUT2D eigenvalue weighted by Crippen LogP contribution is -2.61. The molecule has 2 aliphatic rings. The summed E-state index contributed by atoms with van der Waals surface area (Å²) < 4.78 is 0. The highest BCUT2D eigenvalue weighted by Gasteiger charge is 2.34. The second-order valence-corrected chi connectivity index (χ2v) is 6.84. The first kappa shape index (κ1) is 14.8. The standard InChI is InChI=1S/C15H29N3O/c1-12-6-5-7-13(2)18(12)14(19)10-17-9-8-16-11-15(17,3)4/h12-13,16H,5-11H2,1-4H3. The van der Waals surface area contributed by atoms with Crippen LogP contribution in [-0.4, -0.2) is 59.5 Å². The van der Waals surface area contributed by atoms with E-state index in [-0.39, 0.29) is 5.54 Å². The smallest absolute Gasteiger partial charge is 0.237 e. The highest BCUT2D eigenvalue weighted by molar-refractivity contribution is 5.79. The number of carbonyl (C=O) groups is 1. The van der Waals surface area contributed by atoms with Gasteiger partial charge in [0, 0.05) is 37.3 Å². The van der Waals surface area contributed by atoms with Gasteiger partial charge in [0.15, 0.2) is 0 Å². The van der Waals surface area contributed by atoms with Crippen molar-refractivity contribution in [2.45, 2.75) is 64.6 Å². The lowest BCUT2D eigenvalue weighted by Gasteiger charge is -2.45. The van der Waals surface area contributed by atoms with Gasteiger partial charge in [0.1, 0.15) is 0 Å². The molecule has 2 aliphatic heterocycles. The number of nitrogens with one attached hydrogen (secondary N) is 1. The maximum Gasteiger partial charge on any atom is 0.237 e. The van der Waals surface area contributed by atoms with Gasteiger partial charge in [-0.1, -0.05) is 0 Å². The van der Waals surface area contributed by atoms with Crippen LogP contribution in [0.3, 0.4) is 0 Å². The minimum Gasteiger partial charge on any atom is -0.336 e. The highest BCUT2D eigenvalue weighted by atomic mass is 16.2. The van der Waals surface area contributed by atoms with Crippen molar-refractivity contribution in [3.63, 3.8) is 0 Å².